The molecule has 8 heteroatoms. The van der Waals surface area contributed by atoms with Crippen LogP contribution in [0.3, 0.4) is 0 Å². The molecular weight excluding hydrogens is 444 g/mol. The topological polar surface area (TPSA) is 55.8 Å². The molecule has 2 heterocycles. The van der Waals surface area contributed by atoms with Gasteiger partial charge in [0.1, 0.15) is 11.6 Å². The quantitative estimate of drug-likeness (QED) is 0.370. The van der Waals surface area contributed by atoms with E-state index in [2.05, 4.69) is 45.9 Å². The monoisotopic (exact) mass is 476 g/mol. The molecule has 2 aromatic carbocycles. The molecule has 0 bridgehead atoms. The number of thioether (sulfide) groups is 1. The molecule has 7 nitrogen and oxygen atoms in total. The van der Waals surface area contributed by atoms with Gasteiger partial charge in [0, 0.05) is 70.3 Å². The predicted octanol–water partition coefficient (Wildman–Crippen LogP) is 4.38. The van der Waals surface area contributed by atoms with Gasteiger partial charge in [0.05, 0.1) is 0 Å². The van der Waals surface area contributed by atoms with Crippen LogP contribution < -0.4 is 14.7 Å². The molecule has 34 heavy (non-hydrogen) atoms. The highest BCUT2D eigenvalue weighted by molar-refractivity contribution is 7.99. The van der Waals surface area contributed by atoms with Crippen LogP contribution >= 0.6 is 11.8 Å². The molecule has 0 saturated carbocycles. The second-order valence-electron chi connectivity index (χ2n) is 8.42. The summed E-state index contributed by atoms with van der Waals surface area (Å²) in [5, 5.41) is 0.773. The fourth-order valence-electron chi connectivity index (χ4n) is 3.94. The van der Waals surface area contributed by atoms with Gasteiger partial charge in [-0.25, -0.2) is 9.97 Å². The van der Waals surface area contributed by atoms with E-state index in [4.69, 9.17) is 9.97 Å². The van der Waals surface area contributed by atoms with Crippen molar-refractivity contribution in [3.05, 3.63) is 66.2 Å². The van der Waals surface area contributed by atoms with Crippen molar-refractivity contribution in [3.63, 3.8) is 0 Å². The zero-order valence-electron chi connectivity index (χ0n) is 20.3. The molecule has 1 aliphatic heterocycles. The summed E-state index contributed by atoms with van der Waals surface area (Å²) in [6.45, 7) is 4.94. The van der Waals surface area contributed by atoms with Crippen LogP contribution in [0.5, 0.6) is 0 Å². The molecule has 1 aliphatic rings. The van der Waals surface area contributed by atoms with E-state index in [1.807, 2.05) is 62.4 Å². The number of benzene rings is 2. The Labute approximate surface area is 206 Å². The van der Waals surface area contributed by atoms with Gasteiger partial charge in [0.25, 0.3) is 5.91 Å². The third kappa shape index (κ3) is 5.44. The minimum Gasteiger partial charge on any atom is -0.378 e. The number of hydrogen-bond acceptors (Lipinski definition) is 7. The van der Waals surface area contributed by atoms with E-state index in [1.54, 1.807) is 11.8 Å². The molecule has 0 N–H and O–H groups in total. The lowest BCUT2D eigenvalue weighted by atomic mass is 10.2. The standard InChI is InChI=1S/C26H32N6OS/c1-5-34-26-27-23(30(4)22-13-11-21(12-14-22)29(2)3)19-24(28-26)31-15-17-32(18-16-31)25(33)20-9-7-6-8-10-20/h6-14,19H,5,15-18H2,1-4H3. The Morgan fingerprint density at radius 3 is 2.18 bits per heavy atom. The summed E-state index contributed by atoms with van der Waals surface area (Å²) in [5.41, 5.74) is 2.97. The minimum atomic E-state index is 0.0896. The van der Waals surface area contributed by atoms with Crippen LogP contribution in [0.4, 0.5) is 23.0 Å². The predicted molar refractivity (Wildman–Crippen MR) is 142 cm³/mol. The number of hydrogen-bond donors (Lipinski definition) is 0. The highest BCUT2D eigenvalue weighted by atomic mass is 32.2. The fraction of sp³-hybridized carbons (Fsp3) is 0.346. The van der Waals surface area contributed by atoms with Gasteiger partial charge in [-0.15, -0.1) is 0 Å². The summed E-state index contributed by atoms with van der Waals surface area (Å²) in [6, 6.07) is 20.0. The van der Waals surface area contributed by atoms with E-state index in [1.165, 1.54) is 0 Å². The van der Waals surface area contributed by atoms with Gasteiger partial charge in [-0.3, -0.25) is 4.79 Å². The Bertz CT molecular complexity index is 1100. The maximum atomic E-state index is 12.8. The van der Waals surface area contributed by atoms with Crippen LogP contribution in [0.15, 0.2) is 65.8 Å². The molecule has 1 amide bonds. The number of piperazine rings is 1. The van der Waals surface area contributed by atoms with Crippen molar-refractivity contribution in [2.24, 2.45) is 0 Å². The Hall–Kier alpha value is -3.26. The lowest BCUT2D eigenvalue weighted by Crippen LogP contribution is -2.49. The first-order valence-electron chi connectivity index (χ1n) is 11.6. The van der Waals surface area contributed by atoms with E-state index >= 15 is 0 Å². The van der Waals surface area contributed by atoms with E-state index in [-0.39, 0.29) is 5.91 Å². The number of anilines is 4. The molecular formula is C26H32N6OS. The van der Waals surface area contributed by atoms with Crippen LogP contribution in [-0.2, 0) is 0 Å². The summed E-state index contributed by atoms with van der Waals surface area (Å²) in [4.78, 5) is 30.8. The van der Waals surface area contributed by atoms with Gasteiger partial charge in [0.2, 0.25) is 0 Å². The number of amides is 1. The number of carbonyl (C=O) groups excluding carboxylic acids is 1. The Kier molecular flexibility index (Phi) is 7.57. The summed E-state index contributed by atoms with van der Waals surface area (Å²) >= 11 is 1.64. The first-order chi connectivity index (χ1) is 16.5. The van der Waals surface area contributed by atoms with Crippen LogP contribution in [0.2, 0.25) is 0 Å². The van der Waals surface area contributed by atoms with Crippen LogP contribution in [0, 0.1) is 0 Å². The second kappa shape index (κ2) is 10.8. The molecule has 0 unspecified atom stereocenters. The fourth-order valence-corrected chi connectivity index (χ4v) is 4.51. The normalized spacial score (nSPS) is 13.6. The lowest BCUT2D eigenvalue weighted by Gasteiger charge is -2.36. The number of carbonyl (C=O) groups is 1. The molecule has 178 valence electrons. The highest BCUT2D eigenvalue weighted by Gasteiger charge is 2.24. The van der Waals surface area contributed by atoms with Gasteiger partial charge in [-0.05, 0) is 42.2 Å². The molecule has 3 aromatic rings. The van der Waals surface area contributed by atoms with Crippen molar-refractivity contribution in [2.75, 3.05) is 67.8 Å². The van der Waals surface area contributed by atoms with Crippen molar-refractivity contribution >= 4 is 40.7 Å². The van der Waals surface area contributed by atoms with E-state index in [0.717, 1.165) is 52.6 Å². The third-order valence-corrected chi connectivity index (χ3v) is 6.69. The molecule has 1 saturated heterocycles. The van der Waals surface area contributed by atoms with Crippen molar-refractivity contribution < 1.29 is 4.79 Å². The molecule has 0 spiro atoms. The summed E-state index contributed by atoms with van der Waals surface area (Å²) in [6.07, 6.45) is 0. The average Bonchev–Trinajstić information content (AvgIpc) is 2.88. The van der Waals surface area contributed by atoms with Gasteiger partial charge in [0.15, 0.2) is 5.16 Å². The van der Waals surface area contributed by atoms with E-state index in [0.29, 0.717) is 13.1 Å². The van der Waals surface area contributed by atoms with Gasteiger partial charge >= 0.3 is 0 Å². The second-order valence-corrected chi connectivity index (χ2v) is 9.65. The van der Waals surface area contributed by atoms with Crippen LogP contribution in [0.1, 0.15) is 17.3 Å². The number of rotatable bonds is 7. The highest BCUT2D eigenvalue weighted by Crippen LogP contribution is 2.29. The Balaban J connectivity index is 1.51. The SMILES string of the molecule is CCSc1nc(N2CCN(C(=O)c3ccccc3)CC2)cc(N(C)c2ccc(N(C)C)cc2)n1. The first kappa shape index (κ1) is 23.9. The van der Waals surface area contributed by atoms with Gasteiger partial charge < -0.3 is 19.6 Å². The molecule has 4 rings (SSSR count). The zero-order chi connectivity index (χ0) is 24.1. The summed E-state index contributed by atoms with van der Waals surface area (Å²) in [5.74, 6) is 2.77. The smallest absolute Gasteiger partial charge is 0.253 e. The minimum absolute atomic E-state index is 0.0896. The average molecular weight is 477 g/mol. The van der Waals surface area contributed by atoms with E-state index < -0.39 is 0 Å². The van der Waals surface area contributed by atoms with Gasteiger partial charge in [-0.2, -0.15) is 0 Å². The van der Waals surface area contributed by atoms with Crippen molar-refractivity contribution in [2.45, 2.75) is 12.1 Å². The maximum Gasteiger partial charge on any atom is 0.253 e. The molecule has 1 fully saturated rings. The lowest BCUT2D eigenvalue weighted by molar-refractivity contribution is 0.0746. The zero-order valence-corrected chi connectivity index (χ0v) is 21.1. The number of nitrogens with zero attached hydrogens (tertiary/aromatic N) is 6. The van der Waals surface area contributed by atoms with Crippen LogP contribution in [0.25, 0.3) is 0 Å². The van der Waals surface area contributed by atoms with E-state index in [9.17, 15) is 4.79 Å². The van der Waals surface area contributed by atoms with Crippen LogP contribution in [-0.4, -0.2) is 73.8 Å². The first-order valence-corrected chi connectivity index (χ1v) is 12.6. The Morgan fingerprint density at radius 2 is 1.56 bits per heavy atom. The maximum absolute atomic E-state index is 12.8. The summed E-state index contributed by atoms with van der Waals surface area (Å²) in [7, 11) is 6.11. The van der Waals surface area contributed by atoms with Crippen molar-refractivity contribution in [1.29, 1.82) is 0 Å². The van der Waals surface area contributed by atoms with Crippen molar-refractivity contribution in [3.8, 4) is 0 Å². The molecule has 0 radical (unpaired) electrons. The largest absolute Gasteiger partial charge is 0.378 e. The molecule has 0 aliphatic carbocycles. The number of aromatic nitrogens is 2. The molecule has 1 aromatic heterocycles. The van der Waals surface area contributed by atoms with Gasteiger partial charge in [-0.1, -0.05) is 36.9 Å². The third-order valence-electron chi connectivity index (χ3n) is 5.96. The van der Waals surface area contributed by atoms with Crippen molar-refractivity contribution in [1.82, 2.24) is 14.9 Å². The Morgan fingerprint density at radius 1 is 0.912 bits per heavy atom. The molecule has 0 atom stereocenters. The summed E-state index contributed by atoms with van der Waals surface area (Å²) < 4.78 is 0.